The Hall–Kier alpha value is -2.03. The van der Waals surface area contributed by atoms with Crippen LogP contribution in [0.1, 0.15) is 17.2 Å². The first-order chi connectivity index (χ1) is 9.40. The van der Waals surface area contributed by atoms with E-state index in [1.54, 1.807) is 11.6 Å². The Kier molecular flexibility index (Phi) is 3.98. The van der Waals surface area contributed by atoms with E-state index in [2.05, 4.69) is 20.6 Å². The lowest BCUT2D eigenvalue weighted by molar-refractivity contribution is -0.113. The van der Waals surface area contributed by atoms with Gasteiger partial charge in [-0.2, -0.15) is 5.10 Å². The topological polar surface area (TPSA) is 104 Å². The highest BCUT2D eigenvalue weighted by Crippen LogP contribution is 2.20. The molecule has 0 aliphatic carbocycles. The van der Waals surface area contributed by atoms with Gasteiger partial charge >= 0.3 is 0 Å². The van der Waals surface area contributed by atoms with Gasteiger partial charge in [0.15, 0.2) is 0 Å². The highest BCUT2D eigenvalue weighted by molar-refractivity contribution is 7.99. The molecule has 8 nitrogen and oxygen atoms in total. The minimum atomic E-state index is -0.130. The molecule has 0 atom stereocenters. The number of anilines is 1. The average Bonchev–Trinajstić information content (AvgIpc) is 2.83. The van der Waals surface area contributed by atoms with Crippen molar-refractivity contribution in [3.05, 3.63) is 17.2 Å². The van der Waals surface area contributed by atoms with Crippen molar-refractivity contribution in [1.82, 2.24) is 24.7 Å². The summed E-state index contributed by atoms with van der Waals surface area (Å²) in [5, 5.41) is 15.3. The predicted octanol–water partition coefficient (Wildman–Crippen LogP) is 0.381. The molecule has 0 fully saturated rings. The molecule has 0 aliphatic heterocycles. The van der Waals surface area contributed by atoms with Gasteiger partial charge in [-0.1, -0.05) is 11.8 Å². The molecule has 9 heteroatoms. The van der Waals surface area contributed by atoms with Crippen LogP contribution in [0.3, 0.4) is 0 Å². The predicted molar refractivity (Wildman–Crippen MR) is 76.9 cm³/mol. The zero-order valence-corrected chi connectivity index (χ0v) is 12.7. The number of hydrogen-bond donors (Lipinski definition) is 2. The van der Waals surface area contributed by atoms with Crippen LogP contribution in [0.4, 0.5) is 5.69 Å². The normalized spacial score (nSPS) is 10.8. The molecular formula is C11H17N7OS. The number of nitrogens with zero attached hydrogens (tertiary/aromatic N) is 5. The van der Waals surface area contributed by atoms with Gasteiger partial charge < -0.3 is 11.2 Å². The molecule has 0 bridgehead atoms. The molecule has 2 aromatic heterocycles. The second-order valence-corrected chi connectivity index (χ2v) is 5.35. The lowest BCUT2D eigenvalue weighted by Gasteiger charge is -2.05. The van der Waals surface area contributed by atoms with E-state index in [9.17, 15) is 4.79 Å². The number of thioether (sulfide) groups is 1. The standard InChI is InChI=1S/C11H17N7OS/c1-6-10(7(2)17(4)16-6)13-9(19)5-20-11-15-14-8(3)18(11)12/h5,12H2,1-4H3,(H,13,19). The zero-order valence-electron chi connectivity index (χ0n) is 11.8. The van der Waals surface area contributed by atoms with E-state index >= 15 is 0 Å². The van der Waals surface area contributed by atoms with E-state index in [1.165, 1.54) is 16.4 Å². The smallest absolute Gasteiger partial charge is 0.234 e. The van der Waals surface area contributed by atoms with E-state index in [1.807, 2.05) is 20.9 Å². The molecule has 2 aromatic rings. The number of carbonyl (C=O) groups excluding carboxylic acids is 1. The molecule has 2 heterocycles. The molecule has 0 aliphatic rings. The summed E-state index contributed by atoms with van der Waals surface area (Å²) in [5.74, 6) is 6.40. The maximum absolute atomic E-state index is 12.0. The number of rotatable bonds is 4. The summed E-state index contributed by atoms with van der Waals surface area (Å²) in [6.45, 7) is 5.51. The number of nitrogen functional groups attached to an aromatic ring is 1. The van der Waals surface area contributed by atoms with E-state index in [0.717, 1.165) is 17.1 Å². The number of aromatic nitrogens is 5. The van der Waals surface area contributed by atoms with Crippen LogP contribution in [0.25, 0.3) is 0 Å². The minimum Gasteiger partial charge on any atom is -0.336 e. The second kappa shape index (κ2) is 5.53. The van der Waals surface area contributed by atoms with Crippen LogP contribution in [-0.4, -0.2) is 36.3 Å². The Balaban J connectivity index is 1.98. The summed E-state index contributed by atoms with van der Waals surface area (Å²) in [5.41, 5.74) is 2.46. The molecule has 0 saturated carbocycles. The fourth-order valence-corrected chi connectivity index (χ4v) is 2.41. The quantitative estimate of drug-likeness (QED) is 0.624. The third-order valence-corrected chi connectivity index (χ3v) is 3.88. The van der Waals surface area contributed by atoms with E-state index in [4.69, 9.17) is 5.84 Å². The van der Waals surface area contributed by atoms with Crippen LogP contribution in [0.5, 0.6) is 0 Å². The first-order valence-corrected chi connectivity index (χ1v) is 6.98. The molecule has 0 unspecified atom stereocenters. The molecule has 2 rings (SSSR count). The SMILES string of the molecule is Cc1nn(C)c(C)c1NC(=O)CSc1nnc(C)n1N. The van der Waals surface area contributed by atoms with Crippen molar-refractivity contribution in [2.45, 2.75) is 25.9 Å². The van der Waals surface area contributed by atoms with E-state index in [-0.39, 0.29) is 11.7 Å². The van der Waals surface area contributed by atoms with Crippen molar-refractivity contribution in [1.29, 1.82) is 0 Å². The molecule has 0 aromatic carbocycles. The molecular weight excluding hydrogens is 278 g/mol. The lowest BCUT2D eigenvalue weighted by atomic mass is 10.3. The van der Waals surface area contributed by atoms with Crippen molar-refractivity contribution >= 4 is 23.4 Å². The molecule has 0 saturated heterocycles. The Morgan fingerprint density at radius 3 is 2.55 bits per heavy atom. The Morgan fingerprint density at radius 2 is 2.05 bits per heavy atom. The number of amides is 1. The third-order valence-electron chi connectivity index (χ3n) is 2.94. The van der Waals surface area contributed by atoms with Crippen LogP contribution in [0.15, 0.2) is 5.16 Å². The van der Waals surface area contributed by atoms with Gasteiger partial charge in [0.2, 0.25) is 11.1 Å². The summed E-state index contributed by atoms with van der Waals surface area (Å²) < 4.78 is 3.09. The van der Waals surface area contributed by atoms with Gasteiger partial charge in [0.1, 0.15) is 5.82 Å². The Labute approximate surface area is 120 Å². The summed E-state index contributed by atoms with van der Waals surface area (Å²) in [4.78, 5) is 12.0. The van der Waals surface area contributed by atoms with Gasteiger partial charge in [-0.25, -0.2) is 4.68 Å². The summed E-state index contributed by atoms with van der Waals surface area (Å²) in [6, 6.07) is 0. The van der Waals surface area contributed by atoms with Gasteiger partial charge in [-0.3, -0.25) is 9.48 Å². The van der Waals surface area contributed by atoms with Gasteiger partial charge in [-0.15, -0.1) is 10.2 Å². The molecule has 0 spiro atoms. The summed E-state index contributed by atoms with van der Waals surface area (Å²) in [6.07, 6.45) is 0. The zero-order chi connectivity index (χ0) is 14.9. The summed E-state index contributed by atoms with van der Waals surface area (Å²) in [7, 11) is 1.84. The molecule has 0 radical (unpaired) electrons. The molecule has 3 N–H and O–H groups in total. The number of carbonyl (C=O) groups is 1. The Bertz CT molecular complexity index is 645. The number of aryl methyl sites for hydroxylation is 3. The van der Waals surface area contributed by atoms with Gasteiger partial charge in [0, 0.05) is 7.05 Å². The van der Waals surface area contributed by atoms with Crippen LogP contribution in [0.2, 0.25) is 0 Å². The van der Waals surface area contributed by atoms with Crippen molar-refractivity contribution in [2.75, 3.05) is 16.9 Å². The second-order valence-electron chi connectivity index (χ2n) is 4.41. The van der Waals surface area contributed by atoms with Crippen molar-refractivity contribution < 1.29 is 4.79 Å². The van der Waals surface area contributed by atoms with Crippen molar-refractivity contribution in [2.24, 2.45) is 7.05 Å². The first kappa shape index (κ1) is 14.4. The van der Waals surface area contributed by atoms with Crippen LogP contribution < -0.4 is 11.2 Å². The highest BCUT2D eigenvalue weighted by atomic mass is 32.2. The maximum Gasteiger partial charge on any atom is 0.234 e. The molecule has 1 amide bonds. The fraction of sp³-hybridized carbons (Fsp3) is 0.455. The average molecular weight is 295 g/mol. The number of hydrogen-bond acceptors (Lipinski definition) is 6. The largest absolute Gasteiger partial charge is 0.336 e. The monoisotopic (exact) mass is 295 g/mol. The lowest BCUT2D eigenvalue weighted by Crippen LogP contribution is -2.17. The van der Waals surface area contributed by atoms with Gasteiger partial charge in [0.25, 0.3) is 0 Å². The minimum absolute atomic E-state index is 0.130. The highest BCUT2D eigenvalue weighted by Gasteiger charge is 2.14. The fourth-order valence-electron chi connectivity index (χ4n) is 1.71. The third kappa shape index (κ3) is 2.77. The van der Waals surface area contributed by atoms with Gasteiger partial charge in [-0.05, 0) is 20.8 Å². The number of nitrogens with two attached hydrogens (primary N) is 1. The maximum atomic E-state index is 12.0. The van der Waals surface area contributed by atoms with E-state index < -0.39 is 0 Å². The first-order valence-electron chi connectivity index (χ1n) is 6.00. The van der Waals surface area contributed by atoms with Crippen LogP contribution in [-0.2, 0) is 11.8 Å². The van der Waals surface area contributed by atoms with E-state index in [0.29, 0.717) is 11.0 Å². The van der Waals surface area contributed by atoms with Crippen molar-refractivity contribution in [3.63, 3.8) is 0 Å². The van der Waals surface area contributed by atoms with Crippen LogP contribution in [0, 0.1) is 20.8 Å². The molecule has 108 valence electrons. The molecule has 20 heavy (non-hydrogen) atoms. The number of nitrogens with one attached hydrogen (secondary N) is 1. The van der Waals surface area contributed by atoms with Crippen molar-refractivity contribution in [3.8, 4) is 0 Å². The van der Waals surface area contributed by atoms with Crippen LogP contribution >= 0.6 is 11.8 Å². The summed E-state index contributed by atoms with van der Waals surface area (Å²) >= 11 is 1.24. The Morgan fingerprint density at radius 1 is 1.35 bits per heavy atom. The van der Waals surface area contributed by atoms with Gasteiger partial charge in [0.05, 0.1) is 22.8 Å².